The van der Waals surface area contributed by atoms with Crippen LogP contribution in [0.15, 0.2) is 24.3 Å². The molecule has 0 saturated heterocycles. The molecule has 1 rings (SSSR count). The fourth-order valence-electron chi connectivity index (χ4n) is 1.56. The summed E-state index contributed by atoms with van der Waals surface area (Å²) in [5.74, 6) is 0. The summed E-state index contributed by atoms with van der Waals surface area (Å²) in [6, 6.07) is 8.07. The van der Waals surface area contributed by atoms with Crippen molar-refractivity contribution in [1.82, 2.24) is 0 Å². The van der Waals surface area contributed by atoms with Crippen molar-refractivity contribution in [2.24, 2.45) is 0 Å². The van der Waals surface area contributed by atoms with E-state index in [9.17, 15) is 4.89 Å². The molecule has 1 N–H and O–H groups in total. The number of benzene rings is 1. The molecule has 0 fully saturated rings. The molecule has 3 nitrogen and oxygen atoms in total. The molecule has 0 heterocycles. The number of hydrogen-bond acceptors (Lipinski definition) is 3. The molecule has 0 atom stereocenters. The second-order valence-electron chi connectivity index (χ2n) is 3.74. The normalized spacial score (nSPS) is 12.8. The van der Waals surface area contributed by atoms with E-state index in [1.807, 2.05) is 45.0 Å². The molecule has 16 heavy (non-hydrogen) atoms. The van der Waals surface area contributed by atoms with Gasteiger partial charge in [-0.15, -0.1) is 0 Å². The van der Waals surface area contributed by atoms with Gasteiger partial charge in [-0.2, -0.15) is 0 Å². The molecule has 0 aliphatic carbocycles. The number of rotatable bonds is 6. The van der Waals surface area contributed by atoms with Gasteiger partial charge in [-0.05, 0) is 0 Å². The molecule has 0 amide bonds. The van der Waals surface area contributed by atoms with Crippen molar-refractivity contribution in [2.45, 2.75) is 26.9 Å². The first kappa shape index (κ1) is 13.6. The van der Waals surface area contributed by atoms with Gasteiger partial charge >= 0.3 is 97.4 Å². The van der Waals surface area contributed by atoms with Gasteiger partial charge in [-0.1, -0.05) is 0 Å². The van der Waals surface area contributed by atoms with Crippen LogP contribution in [0.1, 0.15) is 25.0 Å². The van der Waals surface area contributed by atoms with Gasteiger partial charge in [0.25, 0.3) is 0 Å². The summed E-state index contributed by atoms with van der Waals surface area (Å²) in [6.45, 7) is 6.74. The molecule has 0 spiro atoms. The SMILES string of the molecule is CCO[PH](O)(Cc1ccc(C)cc1)OCC. The van der Waals surface area contributed by atoms with Gasteiger partial charge in [-0.3, -0.25) is 0 Å². The van der Waals surface area contributed by atoms with Crippen LogP contribution < -0.4 is 0 Å². The Hall–Kier alpha value is -0.470. The summed E-state index contributed by atoms with van der Waals surface area (Å²) in [5.41, 5.74) is 2.27. The van der Waals surface area contributed by atoms with E-state index in [0.717, 1.165) is 5.56 Å². The van der Waals surface area contributed by atoms with Crippen LogP contribution in [0, 0.1) is 6.92 Å². The molecular weight excluding hydrogens is 223 g/mol. The van der Waals surface area contributed by atoms with Crippen molar-refractivity contribution in [1.29, 1.82) is 0 Å². The van der Waals surface area contributed by atoms with Gasteiger partial charge in [0, 0.05) is 0 Å². The first-order valence-electron chi connectivity index (χ1n) is 5.65. The van der Waals surface area contributed by atoms with E-state index in [1.165, 1.54) is 5.56 Å². The second kappa shape index (κ2) is 6.31. The molecule has 0 unspecified atom stereocenters. The summed E-state index contributed by atoms with van der Waals surface area (Å²) >= 11 is 0. The van der Waals surface area contributed by atoms with Gasteiger partial charge in [-0.25, -0.2) is 0 Å². The zero-order valence-electron chi connectivity index (χ0n) is 10.2. The third kappa shape index (κ3) is 4.18. The molecule has 1 aromatic rings. The topological polar surface area (TPSA) is 38.7 Å². The molecule has 0 aromatic heterocycles. The second-order valence-corrected chi connectivity index (χ2v) is 6.10. The Labute approximate surface area is 98.0 Å². The maximum absolute atomic E-state index is 10.2. The van der Waals surface area contributed by atoms with Crippen LogP contribution in [0.4, 0.5) is 0 Å². The average molecular weight is 244 g/mol. The Morgan fingerprint density at radius 3 is 2.00 bits per heavy atom. The van der Waals surface area contributed by atoms with E-state index in [4.69, 9.17) is 9.05 Å². The summed E-state index contributed by atoms with van der Waals surface area (Å²) in [5, 5.41) is 0. The van der Waals surface area contributed by atoms with Gasteiger partial charge in [0.2, 0.25) is 0 Å². The van der Waals surface area contributed by atoms with Crippen molar-refractivity contribution in [2.75, 3.05) is 13.2 Å². The van der Waals surface area contributed by atoms with Crippen molar-refractivity contribution < 1.29 is 13.9 Å². The minimum atomic E-state index is -3.01. The van der Waals surface area contributed by atoms with Crippen molar-refractivity contribution in [3.8, 4) is 0 Å². The Kier molecular flexibility index (Phi) is 5.36. The van der Waals surface area contributed by atoms with Crippen LogP contribution in [-0.2, 0) is 15.2 Å². The van der Waals surface area contributed by atoms with Gasteiger partial charge in [0.05, 0.1) is 0 Å². The predicted octanol–water partition coefficient (Wildman–Crippen LogP) is 3.06. The Balaban J connectivity index is 2.70. The van der Waals surface area contributed by atoms with E-state index in [1.54, 1.807) is 0 Å². The van der Waals surface area contributed by atoms with Crippen LogP contribution in [0.5, 0.6) is 0 Å². The maximum atomic E-state index is 10.2. The van der Waals surface area contributed by atoms with Gasteiger partial charge in [0.1, 0.15) is 0 Å². The summed E-state index contributed by atoms with van der Waals surface area (Å²) in [7, 11) is -3.01. The molecule has 0 saturated carbocycles. The number of hydrogen-bond donors (Lipinski definition) is 1. The molecule has 92 valence electrons. The average Bonchev–Trinajstić information content (AvgIpc) is 2.22. The predicted molar refractivity (Wildman–Crippen MR) is 68.7 cm³/mol. The summed E-state index contributed by atoms with van der Waals surface area (Å²) in [6.07, 6.45) is 0.481. The standard InChI is InChI=1S/C12H21O3P/c1-4-14-16(13,15-5-2)10-12-8-6-11(3)7-9-12/h6-9,13,16H,4-5,10H2,1-3H3. The van der Waals surface area contributed by atoms with E-state index in [2.05, 4.69) is 0 Å². The molecule has 0 radical (unpaired) electrons. The van der Waals surface area contributed by atoms with Crippen LogP contribution in [0.3, 0.4) is 0 Å². The Morgan fingerprint density at radius 2 is 1.56 bits per heavy atom. The zero-order chi connectivity index (χ0) is 12.0. The third-order valence-corrected chi connectivity index (χ3v) is 4.62. The summed E-state index contributed by atoms with van der Waals surface area (Å²) in [4.78, 5) is 10.2. The van der Waals surface area contributed by atoms with Crippen LogP contribution in [-0.4, -0.2) is 18.1 Å². The molecule has 1 aromatic carbocycles. The monoisotopic (exact) mass is 244 g/mol. The van der Waals surface area contributed by atoms with Crippen LogP contribution in [0.2, 0.25) is 0 Å². The quantitative estimate of drug-likeness (QED) is 0.782. The van der Waals surface area contributed by atoms with E-state index >= 15 is 0 Å². The van der Waals surface area contributed by atoms with Gasteiger partial charge < -0.3 is 0 Å². The molecule has 0 aliphatic rings. The van der Waals surface area contributed by atoms with Crippen molar-refractivity contribution in [3.63, 3.8) is 0 Å². The molecule has 0 bridgehead atoms. The fourth-order valence-corrected chi connectivity index (χ4v) is 3.50. The zero-order valence-corrected chi connectivity index (χ0v) is 11.2. The molecule has 0 aliphatic heterocycles. The Morgan fingerprint density at radius 1 is 1.06 bits per heavy atom. The van der Waals surface area contributed by atoms with E-state index < -0.39 is 7.94 Å². The van der Waals surface area contributed by atoms with E-state index in [-0.39, 0.29) is 0 Å². The molecular formula is C12H21O3P. The Bertz CT molecular complexity index is 305. The summed E-state index contributed by atoms with van der Waals surface area (Å²) < 4.78 is 10.8. The molecule has 4 heteroatoms. The van der Waals surface area contributed by atoms with Crippen LogP contribution >= 0.6 is 7.94 Å². The minimum absolute atomic E-state index is 0.481. The third-order valence-electron chi connectivity index (χ3n) is 2.29. The first-order valence-corrected chi connectivity index (χ1v) is 7.62. The van der Waals surface area contributed by atoms with E-state index in [0.29, 0.717) is 19.4 Å². The van der Waals surface area contributed by atoms with Gasteiger partial charge in [0.15, 0.2) is 0 Å². The van der Waals surface area contributed by atoms with Crippen LogP contribution in [0.25, 0.3) is 0 Å². The first-order chi connectivity index (χ1) is 7.59. The van der Waals surface area contributed by atoms with Crippen molar-refractivity contribution in [3.05, 3.63) is 35.4 Å². The number of aryl methyl sites for hydroxylation is 1. The van der Waals surface area contributed by atoms with Crippen molar-refractivity contribution >= 4 is 7.94 Å². The fraction of sp³-hybridized carbons (Fsp3) is 0.500.